The van der Waals surface area contributed by atoms with Crippen molar-refractivity contribution in [1.29, 1.82) is 0 Å². The summed E-state index contributed by atoms with van der Waals surface area (Å²) in [5, 5.41) is 19.0. The largest absolute Gasteiger partial charge is 0.488 e. The van der Waals surface area contributed by atoms with Gasteiger partial charge in [0.15, 0.2) is 0 Å². The second kappa shape index (κ2) is 8.25. The van der Waals surface area contributed by atoms with Gasteiger partial charge < -0.3 is 10.0 Å². The SMILES string of the molecule is O=S(=O)(Nc1cc(NS(=O)(=O)c2ccccc2)cc(B(O)O)c1)c1ccccc1. The van der Waals surface area contributed by atoms with Crippen molar-refractivity contribution in [2.24, 2.45) is 0 Å². The van der Waals surface area contributed by atoms with Crippen molar-refractivity contribution in [3.05, 3.63) is 78.9 Å². The minimum Gasteiger partial charge on any atom is -0.423 e. The number of rotatable bonds is 7. The van der Waals surface area contributed by atoms with Gasteiger partial charge >= 0.3 is 7.12 Å². The van der Waals surface area contributed by atoms with E-state index in [0.717, 1.165) is 0 Å². The van der Waals surface area contributed by atoms with Gasteiger partial charge in [-0.05, 0) is 47.9 Å². The lowest BCUT2D eigenvalue weighted by molar-refractivity contribution is 0.426. The van der Waals surface area contributed by atoms with E-state index in [1.54, 1.807) is 36.4 Å². The van der Waals surface area contributed by atoms with E-state index in [2.05, 4.69) is 9.44 Å². The van der Waals surface area contributed by atoms with Crippen LogP contribution in [0.25, 0.3) is 0 Å². The predicted octanol–water partition coefficient (Wildman–Crippen LogP) is 0.968. The van der Waals surface area contributed by atoms with Crippen molar-refractivity contribution in [2.75, 3.05) is 9.44 Å². The van der Waals surface area contributed by atoms with E-state index < -0.39 is 27.2 Å². The molecule has 0 radical (unpaired) electrons. The van der Waals surface area contributed by atoms with Crippen LogP contribution in [0, 0.1) is 0 Å². The molecule has 0 bridgehead atoms. The molecule has 0 heterocycles. The molecule has 3 rings (SSSR count). The summed E-state index contributed by atoms with van der Waals surface area (Å²) in [6.45, 7) is 0. The number of hydrogen-bond acceptors (Lipinski definition) is 6. The Morgan fingerprint density at radius 2 is 1.00 bits per heavy atom. The van der Waals surface area contributed by atoms with E-state index in [1.807, 2.05) is 0 Å². The molecule has 0 saturated heterocycles. The molecule has 0 aliphatic heterocycles. The highest BCUT2D eigenvalue weighted by atomic mass is 32.2. The molecule has 0 saturated carbocycles. The molecule has 11 heteroatoms. The maximum Gasteiger partial charge on any atom is 0.488 e. The summed E-state index contributed by atoms with van der Waals surface area (Å²) in [5.74, 6) is 0. The highest BCUT2D eigenvalue weighted by molar-refractivity contribution is 7.93. The van der Waals surface area contributed by atoms with Crippen molar-refractivity contribution in [2.45, 2.75) is 9.79 Å². The van der Waals surface area contributed by atoms with Gasteiger partial charge in [0.1, 0.15) is 0 Å². The molecule has 0 aliphatic rings. The fourth-order valence-electron chi connectivity index (χ4n) is 2.55. The average molecular weight is 432 g/mol. The normalized spacial score (nSPS) is 11.7. The second-order valence-corrected chi connectivity index (χ2v) is 9.42. The Bertz CT molecular complexity index is 1110. The van der Waals surface area contributed by atoms with Crippen molar-refractivity contribution in [3.8, 4) is 0 Å². The van der Waals surface area contributed by atoms with Crippen molar-refractivity contribution in [3.63, 3.8) is 0 Å². The number of nitrogens with one attached hydrogen (secondary N) is 2. The van der Waals surface area contributed by atoms with Crippen LogP contribution in [-0.4, -0.2) is 34.0 Å². The molecule has 29 heavy (non-hydrogen) atoms. The van der Waals surface area contributed by atoms with Crippen LogP contribution in [0.4, 0.5) is 11.4 Å². The lowest BCUT2D eigenvalue weighted by Crippen LogP contribution is -2.31. The van der Waals surface area contributed by atoms with Gasteiger partial charge in [0.05, 0.1) is 21.2 Å². The van der Waals surface area contributed by atoms with E-state index in [9.17, 15) is 26.9 Å². The van der Waals surface area contributed by atoms with Crippen molar-refractivity contribution in [1.82, 2.24) is 0 Å². The summed E-state index contributed by atoms with van der Waals surface area (Å²) in [6, 6.07) is 18.8. The monoisotopic (exact) mass is 432 g/mol. The molecule has 0 unspecified atom stereocenters. The summed E-state index contributed by atoms with van der Waals surface area (Å²) in [5.41, 5.74) is -0.167. The summed E-state index contributed by atoms with van der Waals surface area (Å²) >= 11 is 0. The Labute approximate surface area is 169 Å². The van der Waals surface area contributed by atoms with Crippen molar-refractivity contribution < 1.29 is 26.9 Å². The quantitative estimate of drug-likeness (QED) is 0.412. The Kier molecular flexibility index (Phi) is 5.94. The highest BCUT2D eigenvalue weighted by Crippen LogP contribution is 2.21. The second-order valence-electron chi connectivity index (χ2n) is 6.05. The van der Waals surface area contributed by atoms with E-state index in [4.69, 9.17) is 0 Å². The minimum absolute atomic E-state index is 0.00127. The van der Waals surface area contributed by atoms with Crippen LogP contribution in [-0.2, 0) is 20.0 Å². The molecule has 0 atom stereocenters. The number of sulfonamides is 2. The molecule has 0 spiro atoms. The zero-order valence-electron chi connectivity index (χ0n) is 14.9. The Hall–Kier alpha value is -2.86. The third-order valence-corrected chi connectivity index (χ3v) is 6.66. The van der Waals surface area contributed by atoms with Gasteiger partial charge in [0, 0.05) is 0 Å². The van der Waals surface area contributed by atoms with Gasteiger partial charge in [-0.25, -0.2) is 16.8 Å². The summed E-state index contributed by atoms with van der Waals surface area (Å²) < 4.78 is 54.7. The van der Waals surface area contributed by atoms with Crippen molar-refractivity contribution >= 4 is 44.0 Å². The van der Waals surface area contributed by atoms with Crippen LogP contribution >= 0.6 is 0 Å². The van der Waals surface area contributed by atoms with Crippen LogP contribution in [0.2, 0.25) is 0 Å². The first-order valence-electron chi connectivity index (χ1n) is 8.34. The van der Waals surface area contributed by atoms with Gasteiger partial charge in [-0.1, -0.05) is 36.4 Å². The standard InChI is InChI=1S/C18H17BN2O6S2/c22-19(23)14-11-15(20-28(24,25)17-7-3-1-4-8-17)13-16(12-14)21-29(26,27)18-9-5-2-6-10-18/h1-13,20-23H. The van der Waals surface area contributed by atoms with Gasteiger partial charge in [-0.3, -0.25) is 9.44 Å². The van der Waals surface area contributed by atoms with Crippen LogP contribution in [0.5, 0.6) is 0 Å². The summed E-state index contributed by atoms with van der Waals surface area (Å²) in [7, 11) is -9.85. The maximum absolute atomic E-state index is 12.5. The zero-order valence-corrected chi connectivity index (χ0v) is 16.6. The Morgan fingerprint density at radius 1 is 0.621 bits per heavy atom. The van der Waals surface area contributed by atoms with Crippen LogP contribution in [0.1, 0.15) is 0 Å². The summed E-state index contributed by atoms with van der Waals surface area (Å²) in [4.78, 5) is 0.00253. The fraction of sp³-hybridized carbons (Fsp3) is 0. The lowest BCUT2D eigenvalue weighted by Gasteiger charge is -2.14. The first kappa shape index (κ1) is 20.9. The third kappa shape index (κ3) is 5.15. The fourth-order valence-corrected chi connectivity index (χ4v) is 4.67. The Morgan fingerprint density at radius 3 is 1.34 bits per heavy atom. The first-order chi connectivity index (χ1) is 13.7. The van der Waals surface area contributed by atoms with Gasteiger partial charge in [0.25, 0.3) is 20.0 Å². The topological polar surface area (TPSA) is 133 Å². The van der Waals surface area contributed by atoms with E-state index in [1.165, 1.54) is 42.5 Å². The zero-order chi connectivity index (χ0) is 21.1. The molecule has 8 nitrogen and oxygen atoms in total. The van der Waals surface area contributed by atoms with Gasteiger partial charge in [-0.2, -0.15) is 0 Å². The third-order valence-electron chi connectivity index (χ3n) is 3.86. The molecule has 3 aromatic rings. The molecular weight excluding hydrogens is 415 g/mol. The predicted molar refractivity (Wildman–Crippen MR) is 111 cm³/mol. The molecule has 0 aliphatic carbocycles. The number of benzene rings is 3. The van der Waals surface area contributed by atoms with E-state index in [0.29, 0.717) is 0 Å². The smallest absolute Gasteiger partial charge is 0.423 e. The molecule has 0 fully saturated rings. The maximum atomic E-state index is 12.5. The molecular formula is C18H17BN2O6S2. The number of hydrogen-bond donors (Lipinski definition) is 4. The Balaban J connectivity index is 1.97. The summed E-state index contributed by atoms with van der Waals surface area (Å²) in [6.07, 6.45) is 0. The molecule has 0 amide bonds. The number of anilines is 2. The van der Waals surface area contributed by atoms with E-state index >= 15 is 0 Å². The molecule has 0 aromatic heterocycles. The first-order valence-corrected chi connectivity index (χ1v) is 11.3. The van der Waals surface area contributed by atoms with Gasteiger partial charge in [-0.15, -0.1) is 0 Å². The van der Waals surface area contributed by atoms with Crippen LogP contribution < -0.4 is 14.9 Å². The van der Waals surface area contributed by atoms with E-state index in [-0.39, 0.29) is 26.6 Å². The lowest BCUT2D eigenvalue weighted by atomic mass is 9.80. The highest BCUT2D eigenvalue weighted by Gasteiger charge is 2.20. The average Bonchev–Trinajstić information content (AvgIpc) is 2.68. The van der Waals surface area contributed by atoms with Gasteiger partial charge in [0.2, 0.25) is 0 Å². The molecule has 150 valence electrons. The van der Waals surface area contributed by atoms with Crippen LogP contribution in [0.3, 0.4) is 0 Å². The molecule has 3 aromatic carbocycles. The minimum atomic E-state index is -3.96. The van der Waals surface area contributed by atoms with Crippen LogP contribution in [0.15, 0.2) is 88.7 Å². The molecule has 4 N–H and O–H groups in total.